The van der Waals surface area contributed by atoms with Crippen molar-refractivity contribution in [2.75, 3.05) is 33.9 Å². The van der Waals surface area contributed by atoms with E-state index in [2.05, 4.69) is 5.32 Å². The van der Waals surface area contributed by atoms with Crippen LogP contribution >= 0.6 is 0 Å². The van der Waals surface area contributed by atoms with Crippen molar-refractivity contribution >= 4 is 17.8 Å². The molecule has 1 aromatic rings. The van der Waals surface area contributed by atoms with E-state index in [1.54, 1.807) is 23.1 Å². The number of imide groups is 1. The maximum absolute atomic E-state index is 12.7. The van der Waals surface area contributed by atoms with Crippen molar-refractivity contribution < 1.29 is 23.9 Å². The molecular formula is C15H17N3O5. The predicted molar refractivity (Wildman–Crippen MR) is 79.5 cm³/mol. The van der Waals surface area contributed by atoms with Crippen LogP contribution in [-0.2, 0) is 4.79 Å². The number of carbonyl (C=O) groups excluding carboxylic acids is 3. The number of rotatable bonds is 4. The van der Waals surface area contributed by atoms with E-state index in [0.717, 1.165) is 0 Å². The average Bonchev–Trinajstić information content (AvgIpc) is 2.84. The summed E-state index contributed by atoms with van der Waals surface area (Å²) in [4.78, 5) is 38.7. The molecule has 4 amide bonds. The Balaban J connectivity index is 1.74. The number of benzene rings is 1. The zero-order valence-electron chi connectivity index (χ0n) is 12.9. The van der Waals surface area contributed by atoms with Gasteiger partial charge in [0.05, 0.1) is 26.8 Å². The van der Waals surface area contributed by atoms with E-state index in [9.17, 15) is 14.4 Å². The highest BCUT2D eigenvalue weighted by molar-refractivity contribution is 6.03. The van der Waals surface area contributed by atoms with Crippen molar-refractivity contribution in [2.24, 2.45) is 0 Å². The fraction of sp³-hybridized carbons (Fsp3) is 0.400. The predicted octanol–water partition coefficient (Wildman–Crippen LogP) is 0.0800. The van der Waals surface area contributed by atoms with E-state index in [0.29, 0.717) is 30.2 Å². The molecule has 0 aliphatic carbocycles. The largest absolute Gasteiger partial charge is 0.496 e. The highest BCUT2D eigenvalue weighted by Gasteiger charge is 2.43. The summed E-state index contributed by atoms with van der Waals surface area (Å²) < 4.78 is 10.5. The minimum Gasteiger partial charge on any atom is -0.496 e. The van der Waals surface area contributed by atoms with Crippen LogP contribution in [0.15, 0.2) is 18.2 Å². The normalized spacial score (nSPS) is 17.8. The van der Waals surface area contributed by atoms with Crippen molar-refractivity contribution in [3.63, 3.8) is 0 Å². The Morgan fingerprint density at radius 2 is 1.78 bits per heavy atom. The average molecular weight is 319 g/mol. The molecule has 0 bridgehead atoms. The molecule has 2 aliphatic rings. The van der Waals surface area contributed by atoms with Crippen LogP contribution in [0.3, 0.4) is 0 Å². The third-order valence-electron chi connectivity index (χ3n) is 4.03. The van der Waals surface area contributed by atoms with Crippen molar-refractivity contribution in [3.8, 4) is 11.5 Å². The molecule has 0 spiro atoms. The van der Waals surface area contributed by atoms with Crippen molar-refractivity contribution in [2.45, 2.75) is 6.04 Å². The third-order valence-corrected chi connectivity index (χ3v) is 4.03. The van der Waals surface area contributed by atoms with Crippen LogP contribution in [-0.4, -0.2) is 67.5 Å². The van der Waals surface area contributed by atoms with Gasteiger partial charge in [-0.05, 0) is 12.1 Å². The Hall–Kier alpha value is -2.77. The number of nitrogens with one attached hydrogen (secondary N) is 1. The first-order chi connectivity index (χ1) is 11.1. The van der Waals surface area contributed by atoms with E-state index in [4.69, 9.17) is 9.47 Å². The van der Waals surface area contributed by atoms with Gasteiger partial charge in [-0.1, -0.05) is 6.07 Å². The number of ether oxygens (including phenoxy) is 2. The second-order valence-corrected chi connectivity index (χ2v) is 5.32. The lowest BCUT2D eigenvalue weighted by atomic mass is 10.0. The quantitative estimate of drug-likeness (QED) is 0.794. The Morgan fingerprint density at radius 3 is 2.26 bits per heavy atom. The Bertz CT molecular complexity index is 631. The van der Waals surface area contributed by atoms with Crippen LogP contribution in [0.1, 0.15) is 10.4 Å². The molecule has 0 atom stereocenters. The number of hydrogen-bond donors (Lipinski definition) is 1. The molecule has 0 unspecified atom stereocenters. The smallest absolute Gasteiger partial charge is 0.324 e. The fourth-order valence-electron chi connectivity index (χ4n) is 2.81. The van der Waals surface area contributed by atoms with Crippen molar-refractivity contribution in [1.29, 1.82) is 0 Å². The molecule has 1 N–H and O–H groups in total. The first-order valence-electron chi connectivity index (χ1n) is 7.17. The molecule has 23 heavy (non-hydrogen) atoms. The van der Waals surface area contributed by atoms with Gasteiger partial charge in [0, 0.05) is 13.1 Å². The second kappa shape index (κ2) is 5.79. The standard InChI is InChI=1S/C15H17N3O5/c1-22-10-4-3-5-11(23-2)13(10)14(20)17-7-9(8-17)18-12(19)6-16-15(18)21/h3-5,9H,6-8H2,1-2H3,(H,16,21). The molecular weight excluding hydrogens is 302 g/mol. The summed E-state index contributed by atoms with van der Waals surface area (Å²) in [6.07, 6.45) is 0. The highest BCUT2D eigenvalue weighted by Crippen LogP contribution is 2.31. The molecule has 3 rings (SSSR count). The first-order valence-corrected chi connectivity index (χ1v) is 7.17. The molecule has 122 valence electrons. The molecule has 0 aromatic heterocycles. The van der Waals surface area contributed by atoms with Crippen molar-refractivity contribution in [1.82, 2.24) is 15.1 Å². The topological polar surface area (TPSA) is 88.2 Å². The molecule has 2 heterocycles. The molecule has 8 heteroatoms. The molecule has 1 aromatic carbocycles. The zero-order valence-corrected chi connectivity index (χ0v) is 12.9. The number of likely N-dealkylation sites (tertiary alicyclic amines) is 1. The summed E-state index contributed by atoms with van der Waals surface area (Å²) in [6, 6.07) is 4.42. The number of nitrogens with zero attached hydrogens (tertiary/aromatic N) is 2. The number of carbonyl (C=O) groups is 3. The van der Waals surface area contributed by atoms with Gasteiger partial charge in [-0.2, -0.15) is 0 Å². The van der Waals surface area contributed by atoms with Crippen LogP contribution in [0.25, 0.3) is 0 Å². The Labute approximate surface area is 132 Å². The lowest BCUT2D eigenvalue weighted by molar-refractivity contribution is -0.128. The van der Waals surface area contributed by atoms with E-state index < -0.39 is 6.03 Å². The van der Waals surface area contributed by atoms with Gasteiger partial charge in [0.1, 0.15) is 17.1 Å². The molecule has 2 saturated heterocycles. The first kappa shape index (κ1) is 15.1. The van der Waals surface area contributed by atoms with Gasteiger partial charge >= 0.3 is 6.03 Å². The number of methoxy groups -OCH3 is 2. The SMILES string of the molecule is COc1cccc(OC)c1C(=O)N1CC(N2C(=O)CNC2=O)C1. The molecule has 8 nitrogen and oxygen atoms in total. The van der Waals surface area contributed by atoms with E-state index >= 15 is 0 Å². The summed E-state index contributed by atoms with van der Waals surface area (Å²) in [7, 11) is 2.97. The second-order valence-electron chi connectivity index (χ2n) is 5.32. The summed E-state index contributed by atoms with van der Waals surface area (Å²) in [5.41, 5.74) is 0.341. The van der Waals surface area contributed by atoms with Gasteiger partial charge in [-0.3, -0.25) is 14.5 Å². The van der Waals surface area contributed by atoms with Gasteiger partial charge in [0.15, 0.2) is 0 Å². The van der Waals surface area contributed by atoms with E-state index in [1.165, 1.54) is 19.1 Å². The van der Waals surface area contributed by atoms with Crippen LogP contribution in [0.2, 0.25) is 0 Å². The number of amides is 4. The summed E-state index contributed by atoms with van der Waals surface area (Å²) in [5.74, 6) is 0.338. The number of urea groups is 1. The maximum atomic E-state index is 12.7. The Morgan fingerprint density at radius 1 is 1.17 bits per heavy atom. The minimum absolute atomic E-state index is 0.0175. The van der Waals surface area contributed by atoms with Gasteiger partial charge in [-0.25, -0.2) is 4.79 Å². The van der Waals surface area contributed by atoms with Gasteiger partial charge in [0.2, 0.25) is 5.91 Å². The van der Waals surface area contributed by atoms with E-state index in [1.807, 2.05) is 0 Å². The van der Waals surface area contributed by atoms with Gasteiger partial charge in [0.25, 0.3) is 5.91 Å². The van der Waals surface area contributed by atoms with Crippen molar-refractivity contribution in [3.05, 3.63) is 23.8 Å². The summed E-state index contributed by atoms with van der Waals surface area (Å²) >= 11 is 0. The van der Waals surface area contributed by atoms with Gasteiger partial charge in [-0.15, -0.1) is 0 Å². The minimum atomic E-state index is -0.401. The molecule has 2 fully saturated rings. The molecule has 2 aliphatic heterocycles. The van der Waals surface area contributed by atoms with Crippen LogP contribution in [0, 0.1) is 0 Å². The summed E-state index contributed by atoms with van der Waals surface area (Å²) in [5, 5.41) is 2.47. The maximum Gasteiger partial charge on any atom is 0.324 e. The highest BCUT2D eigenvalue weighted by atomic mass is 16.5. The van der Waals surface area contributed by atoms with Crippen LogP contribution in [0.5, 0.6) is 11.5 Å². The monoisotopic (exact) mass is 319 g/mol. The summed E-state index contributed by atoms with van der Waals surface area (Å²) in [6.45, 7) is 0.627. The zero-order chi connectivity index (χ0) is 16.6. The lowest BCUT2D eigenvalue weighted by Crippen LogP contribution is -2.62. The van der Waals surface area contributed by atoms with Gasteiger partial charge < -0.3 is 19.7 Å². The lowest BCUT2D eigenvalue weighted by Gasteiger charge is -2.42. The van der Waals surface area contributed by atoms with E-state index in [-0.39, 0.29) is 24.4 Å². The fourth-order valence-corrected chi connectivity index (χ4v) is 2.81. The van der Waals surface area contributed by atoms with Crippen LogP contribution in [0.4, 0.5) is 4.79 Å². The molecule has 0 saturated carbocycles. The number of hydrogen-bond acceptors (Lipinski definition) is 5. The van der Waals surface area contributed by atoms with Crippen LogP contribution < -0.4 is 14.8 Å². The molecule has 0 radical (unpaired) electrons. The third kappa shape index (κ3) is 2.45. The Kier molecular flexibility index (Phi) is 3.81.